The molecule has 0 aliphatic rings. The molecule has 0 aliphatic heterocycles. The molecular weight excluding hydrogens is 236 g/mol. The lowest BCUT2D eigenvalue weighted by molar-refractivity contribution is 0.647. The van der Waals surface area contributed by atoms with Gasteiger partial charge in [-0.3, -0.25) is 0 Å². The summed E-state index contributed by atoms with van der Waals surface area (Å²) in [5, 5.41) is 0. The Balaban J connectivity index is 2.17. The van der Waals surface area contributed by atoms with Gasteiger partial charge in [-0.25, -0.2) is 0 Å². The molecule has 0 atom stereocenters. The van der Waals surface area contributed by atoms with Crippen molar-refractivity contribution in [3.63, 3.8) is 0 Å². The van der Waals surface area contributed by atoms with E-state index in [-0.39, 0.29) is 0 Å². The molecule has 0 radical (unpaired) electrons. The van der Waals surface area contributed by atoms with Crippen molar-refractivity contribution in [2.75, 3.05) is 0 Å². The third-order valence-corrected chi connectivity index (χ3v) is 4.51. The normalized spacial score (nSPS) is 11.4. The molecule has 0 nitrogen and oxygen atoms in total. The van der Waals surface area contributed by atoms with Crippen LogP contribution in [-0.2, 0) is 6.42 Å². The number of thiophene rings is 1. The predicted octanol–water partition coefficient (Wildman–Crippen LogP) is 5.74. The van der Waals surface area contributed by atoms with E-state index < -0.39 is 0 Å². The molecule has 1 aromatic carbocycles. The van der Waals surface area contributed by atoms with Crippen molar-refractivity contribution in [3.05, 3.63) is 46.8 Å². The minimum absolute atomic E-state index is 0.629. The summed E-state index contributed by atoms with van der Waals surface area (Å²) in [6.45, 7) is 9.03. The van der Waals surface area contributed by atoms with Crippen LogP contribution < -0.4 is 0 Å². The van der Waals surface area contributed by atoms with Crippen LogP contribution in [0.1, 0.15) is 44.1 Å². The van der Waals surface area contributed by atoms with Crippen LogP contribution in [0.5, 0.6) is 0 Å². The molecule has 1 aromatic heterocycles. The largest absolute Gasteiger partial charge is 0.140 e. The van der Waals surface area contributed by atoms with Gasteiger partial charge in [-0.15, -0.1) is 11.3 Å². The van der Waals surface area contributed by atoms with E-state index in [1.165, 1.54) is 27.3 Å². The molecule has 0 fully saturated rings. The minimum Gasteiger partial charge on any atom is -0.140 e. The van der Waals surface area contributed by atoms with Gasteiger partial charge in [-0.05, 0) is 41.5 Å². The summed E-state index contributed by atoms with van der Waals surface area (Å²) in [5.41, 5.74) is 2.79. The van der Waals surface area contributed by atoms with Gasteiger partial charge >= 0.3 is 0 Å². The topological polar surface area (TPSA) is 0 Å². The molecular formula is C17H22S. The first-order valence-electron chi connectivity index (χ1n) is 6.75. The molecule has 2 rings (SSSR count). The van der Waals surface area contributed by atoms with Gasteiger partial charge in [0.25, 0.3) is 0 Å². The molecule has 96 valence electrons. The van der Waals surface area contributed by atoms with Crippen molar-refractivity contribution in [2.24, 2.45) is 5.92 Å². The van der Waals surface area contributed by atoms with Crippen LogP contribution in [0.15, 0.2) is 36.4 Å². The Kier molecular flexibility index (Phi) is 4.23. The highest BCUT2D eigenvalue weighted by Gasteiger charge is 2.06. The summed E-state index contributed by atoms with van der Waals surface area (Å²) in [5.74, 6) is 1.36. The molecule has 1 heteroatoms. The zero-order valence-corrected chi connectivity index (χ0v) is 12.6. The summed E-state index contributed by atoms with van der Waals surface area (Å²) >= 11 is 1.91. The molecule has 0 bridgehead atoms. The highest BCUT2D eigenvalue weighted by molar-refractivity contribution is 7.15. The Morgan fingerprint density at radius 2 is 1.56 bits per heavy atom. The second kappa shape index (κ2) is 5.71. The second-order valence-electron chi connectivity index (χ2n) is 5.65. The van der Waals surface area contributed by atoms with Crippen molar-refractivity contribution in [1.29, 1.82) is 0 Å². The molecule has 0 saturated carbocycles. The van der Waals surface area contributed by atoms with E-state index in [9.17, 15) is 0 Å². The van der Waals surface area contributed by atoms with Crippen LogP contribution in [0.3, 0.4) is 0 Å². The van der Waals surface area contributed by atoms with E-state index in [0.29, 0.717) is 5.92 Å². The number of hydrogen-bond donors (Lipinski definition) is 0. The summed E-state index contributed by atoms with van der Waals surface area (Å²) in [6.07, 6.45) is 1.17. The van der Waals surface area contributed by atoms with Crippen LogP contribution >= 0.6 is 11.3 Å². The third-order valence-electron chi connectivity index (χ3n) is 3.08. The van der Waals surface area contributed by atoms with Crippen LogP contribution in [0.2, 0.25) is 0 Å². The van der Waals surface area contributed by atoms with Crippen molar-refractivity contribution in [1.82, 2.24) is 0 Å². The number of benzene rings is 1. The van der Waals surface area contributed by atoms with Crippen LogP contribution in [-0.4, -0.2) is 0 Å². The average molecular weight is 258 g/mol. The van der Waals surface area contributed by atoms with Crippen molar-refractivity contribution in [3.8, 4) is 10.4 Å². The first-order chi connectivity index (χ1) is 8.56. The lowest BCUT2D eigenvalue weighted by Gasteiger charge is -2.05. The predicted molar refractivity (Wildman–Crippen MR) is 82.4 cm³/mol. The maximum atomic E-state index is 2.27. The van der Waals surface area contributed by atoms with Crippen molar-refractivity contribution >= 4 is 11.3 Å². The standard InChI is InChI=1S/C17H22S/c1-12(2)11-14-5-7-15(8-6-14)17-10-9-16(18-17)13(3)4/h5-10,12-13H,11H2,1-4H3. The monoisotopic (exact) mass is 258 g/mol. The Morgan fingerprint density at radius 1 is 0.889 bits per heavy atom. The Hall–Kier alpha value is -1.08. The fourth-order valence-electron chi connectivity index (χ4n) is 2.09. The fourth-order valence-corrected chi connectivity index (χ4v) is 3.11. The highest BCUT2D eigenvalue weighted by atomic mass is 32.1. The average Bonchev–Trinajstić information content (AvgIpc) is 2.78. The van der Waals surface area contributed by atoms with E-state index >= 15 is 0 Å². The maximum Gasteiger partial charge on any atom is 0.0345 e. The molecule has 0 unspecified atom stereocenters. The van der Waals surface area contributed by atoms with Gasteiger partial charge < -0.3 is 0 Å². The van der Waals surface area contributed by atoms with E-state index in [4.69, 9.17) is 0 Å². The van der Waals surface area contributed by atoms with Crippen LogP contribution in [0.4, 0.5) is 0 Å². The zero-order valence-electron chi connectivity index (χ0n) is 11.7. The Bertz CT molecular complexity index is 489. The minimum atomic E-state index is 0.629. The van der Waals surface area contributed by atoms with E-state index in [1.807, 2.05) is 11.3 Å². The first-order valence-corrected chi connectivity index (χ1v) is 7.57. The summed E-state index contributed by atoms with van der Waals surface area (Å²) in [6, 6.07) is 13.6. The van der Waals surface area contributed by atoms with Gasteiger partial charge in [0.05, 0.1) is 0 Å². The summed E-state index contributed by atoms with van der Waals surface area (Å²) in [4.78, 5) is 2.85. The zero-order chi connectivity index (χ0) is 13.1. The van der Waals surface area contributed by atoms with E-state index in [2.05, 4.69) is 64.1 Å². The fraction of sp³-hybridized carbons (Fsp3) is 0.412. The van der Waals surface area contributed by atoms with Gasteiger partial charge in [0.1, 0.15) is 0 Å². The molecule has 18 heavy (non-hydrogen) atoms. The van der Waals surface area contributed by atoms with Gasteiger partial charge in [-0.1, -0.05) is 52.0 Å². The number of rotatable bonds is 4. The molecule has 0 spiro atoms. The lowest BCUT2D eigenvalue weighted by atomic mass is 10.0. The summed E-state index contributed by atoms with van der Waals surface area (Å²) < 4.78 is 0. The van der Waals surface area contributed by atoms with Crippen LogP contribution in [0, 0.1) is 5.92 Å². The Morgan fingerprint density at radius 3 is 2.06 bits per heavy atom. The highest BCUT2D eigenvalue weighted by Crippen LogP contribution is 2.32. The second-order valence-corrected chi connectivity index (χ2v) is 6.77. The van der Waals surface area contributed by atoms with E-state index in [1.54, 1.807) is 0 Å². The third kappa shape index (κ3) is 3.23. The molecule has 0 aliphatic carbocycles. The van der Waals surface area contributed by atoms with Crippen molar-refractivity contribution < 1.29 is 0 Å². The molecule has 1 heterocycles. The van der Waals surface area contributed by atoms with E-state index in [0.717, 1.165) is 5.92 Å². The van der Waals surface area contributed by atoms with Gasteiger partial charge in [0, 0.05) is 9.75 Å². The smallest absolute Gasteiger partial charge is 0.0345 e. The van der Waals surface area contributed by atoms with Gasteiger partial charge in [0.15, 0.2) is 0 Å². The Labute approximate surface area is 115 Å². The summed E-state index contributed by atoms with van der Waals surface area (Å²) in [7, 11) is 0. The lowest BCUT2D eigenvalue weighted by Crippen LogP contribution is -1.93. The molecule has 0 saturated heterocycles. The molecule has 2 aromatic rings. The van der Waals surface area contributed by atoms with Crippen LogP contribution in [0.25, 0.3) is 10.4 Å². The molecule has 0 N–H and O–H groups in total. The quantitative estimate of drug-likeness (QED) is 0.656. The SMILES string of the molecule is CC(C)Cc1ccc(-c2ccc(C(C)C)s2)cc1. The molecule has 0 amide bonds. The number of hydrogen-bond acceptors (Lipinski definition) is 1. The van der Waals surface area contributed by atoms with Gasteiger partial charge in [0.2, 0.25) is 0 Å². The first kappa shape index (κ1) is 13.4. The van der Waals surface area contributed by atoms with Crippen molar-refractivity contribution in [2.45, 2.75) is 40.0 Å². The maximum absolute atomic E-state index is 2.27. The van der Waals surface area contributed by atoms with Gasteiger partial charge in [-0.2, -0.15) is 0 Å².